The lowest BCUT2D eigenvalue weighted by atomic mass is 10.2. The van der Waals surface area contributed by atoms with Crippen LogP contribution in [0.4, 0.5) is 5.69 Å². The molecule has 0 spiro atoms. The summed E-state index contributed by atoms with van der Waals surface area (Å²) >= 11 is 3.42. The van der Waals surface area contributed by atoms with Gasteiger partial charge in [-0.3, -0.25) is 0 Å². The average Bonchev–Trinajstić information content (AvgIpc) is 2.41. The van der Waals surface area contributed by atoms with Gasteiger partial charge in [-0.2, -0.15) is 5.26 Å². The Hall–Kier alpha value is -1.86. The number of benzene rings is 1. The van der Waals surface area contributed by atoms with Crippen LogP contribution in [-0.2, 0) is 6.54 Å². The standard InChI is InChI=1S/C14H12BrN3/c1-18(10-11-2-4-12(15)5-3-11)14-7-6-13(8-16)17-9-14/h2-7,9H,10H2,1H3. The summed E-state index contributed by atoms with van der Waals surface area (Å²) in [5.74, 6) is 0. The normalized spacial score (nSPS) is 9.83. The predicted molar refractivity (Wildman–Crippen MR) is 75.2 cm³/mol. The number of pyridine rings is 1. The Morgan fingerprint density at radius 1 is 1.22 bits per heavy atom. The van der Waals surface area contributed by atoms with Crippen molar-refractivity contribution < 1.29 is 0 Å². The lowest BCUT2D eigenvalue weighted by Crippen LogP contribution is -2.16. The Morgan fingerprint density at radius 2 is 1.94 bits per heavy atom. The number of halogens is 1. The van der Waals surface area contributed by atoms with E-state index in [2.05, 4.69) is 37.9 Å². The molecular formula is C14H12BrN3. The second-order valence-corrected chi connectivity index (χ2v) is 4.91. The maximum Gasteiger partial charge on any atom is 0.140 e. The molecule has 2 aromatic rings. The molecule has 3 nitrogen and oxygen atoms in total. The van der Waals surface area contributed by atoms with Gasteiger partial charge in [0.1, 0.15) is 11.8 Å². The second-order valence-electron chi connectivity index (χ2n) is 4.00. The molecule has 1 heterocycles. The minimum Gasteiger partial charge on any atom is -0.369 e. The fourth-order valence-corrected chi connectivity index (χ4v) is 1.90. The van der Waals surface area contributed by atoms with Crippen molar-refractivity contribution in [3.63, 3.8) is 0 Å². The molecule has 90 valence electrons. The van der Waals surface area contributed by atoms with E-state index in [9.17, 15) is 0 Å². The first-order valence-electron chi connectivity index (χ1n) is 5.51. The molecule has 0 fully saturated rings. The first-order chi connectivity index (χ1) is 8.69. The molecule has 4 heteroatoms. The van der Waals surface area contributed by atoms with Gasteiger partial charge in [-0.05, 0) is 29.8 Å². The summed E-state index contributed by atoms with van der Waals surface area (Å²) in [5, 5.41) is 8.70. The molecule has 0 bridgehead atoms. The number of aromatic nitrogens is 1. The lowest BCUT2D eigenvalue weighted by molar-refractivity contribution is 0.917. The maximum absolute atomic E-state index is 8.70. The molecular weight excluding hydrogens is 290 g/mol. The summed E-state index contributed by atoms with van der Waals surface area (Å²) < 4.78 is 1.08. The van der Waals surface area contributed by atoms with Crippen LogP contribution in [0.1, 0.15) is 11.3 Å². The van der Waals surface area contributed by atoms with Crippen molar-refractivity contribution in [3.8, 4) is 6.07 Å². The minimum absolute atomic E-state index is 0.441. The highest BCUT2D eigenvalue weighted by atomic mass is 79.9. The van der Waals surface area contributed by atoms with Gasteiger partial charge in [0.05, 0.1) is 11.9 Å². The molecule has 1 aromatic heterocycles. The van der Waals surface area contributed by atoms with E-state index >= 15 is 0 Å². The van der Waals surface area contributed by atoms with Crippen LogP contribution < -0.4 is 4.90 Å². The van der Waals surface area contributed by atoms with Gasteiger partial charge in [-0.15, -0.1) is 0 Å². The van der Waals surface area contributed by atoms with E-state index in [0.717, 1.165) is 16.7 Å². The third-order valence-corrected chi connectivity index (χ3v) is 3.16. The van der Waals surface area contributed by atoms with E-state index in [1.165, 1.54) is 5.56 Å². The van der Waals surface area contributed by atoms with Crippen LogP contribution in [0.5, 0.6) is 0 Å². The summed E-state index contributed by atoms with van der Waals surface area (Å²) in [7, 11) is 2.01. The molecule has 0 amide bonds. The van der Waals surface area contributed by atoms with Crippen LogP contribution in [0, 0.1) is 11.3 Å². The third-order valence-electron chi connectivity index (χ3n) is 2.64. The number of rotatable bonds is 3. The lowest BCUT2D eigenvalue weighted by Gasteiger charge is -2.18. The fourth-order valence-electron chi connectivity index (χ4n) is 1.63. The summed E-state index contributed by atoms with van der Waals surface area (Å²) in [4.78, 5) is 6.16. The van der Waals surface area contributed by atoms with Crippen LogP contribution in [0.3, 0.4) is 0 Å². The van der Waals surface area contributed by atoms with Gasteiger partial charge in [0.15, 0.2) is 0 Å². The third kappa shape index (κ3) is 3.08. The number of nitriles is 1. The monoisotopic (exact) mass is 301 g/mol. The number of anilines is 1. The van der Waals surface area contributed by atoms with Gasteiger partial charge in [-0.25, -0.2) is 4.98 Å². The smallest absolute Gasteiger partial charge is 0.140 e. The molecule has 0 N–H and O–H groups in total. The van der Waals surface area contributed by atoms with E-state index < -0.39 is 0 Å². The molecule has 0 radical (unpaired) electrons. The zero-order valence-electron chi connectivity index (χ0n) is 9.97. The van der Waals surface area contributed by atoms with Crippen molar-refractivity contribution in [1.82, 2.24) is 4.98 Å². The highest BCUT2D eigenvalue weighted by Gasteiger charge is 2.03. The Bertz CT molecular complexity index is 555. The summed E-state index contributed by atoms with van der Waals surface area (Å²) in [6.07, 6.45) is 1.72. The van der Waals surface area contributed by atoms with Crippen molar-refractivity contribution in [2.75, 3.05) is 11.9 Å². The number of nitrogens with zero attached hydrogens (tertiary/aromatic N) is 3. The van der Waals surface area contributed by atoms with Crippen LogP contribution in [0.15, 0.2) is 47.1 Å². The molecule has 0 saturated carbocycles. The Balaban J connectivity index is 2.09. The Morgan fingerprint density at radius 3 is 2.50 bits per heavy atom. The topological polar surface area (TPSA) is 39.9 Å². The molecule has 0 aliphatic rings. The first-order valence-corrected chi connectivity index (χ1v) is 6.30. The SMILES string of the molecule is CN(Cc1ccc(Br)cc1)c1ccc(C#N)nc1. The molecule has 0 saturated heterocycles. The molecule has 1 aromatic carbocycles. The maximum atomic E-state index is 8.70. The van der Waals surface area contributed by atoms with Gasteiger partial charge in [0, 0.05) is 18.1 Å². The van der Waals surface area contributed by atoms with Crippen molar-refractivity contribution in [3.05, 3.63) is 58.3 Å². The quantitative estimate of drug-likeness (QED) is 0.873. The van der Waals surface area contributed by atoms with Crippen molar-refractivity contribution in [2.45, 2.75) is 6.54 Å². The number of hydrogen-bond donors (Lipinski definition) is 0. The number of hydrogen-bond acceptors (Lipinski definition) is 3. The fraction of sp³-hybridized carbons (Fsp3) is 0.143. The van der Waals surface area contributed by atoms with E-state index in [1.54, 1.807) is 12.3 Å². The summed E-state index contributed by atoms with van der Waals surface area (Å²) in [5.41, 5.74) is 2.66. The van der Waals surface area contributed by atoms with E-state index in [0.29, 0.717) is 5.69 Å². The van der Waals surface area contributed by atoms with Gasteiger partial charge in [-0.1, -0.05) is 28.1 Å². The zero-order valence-corrected chi connectivity index (χ0v) is 11.6. The largest absolute Gasteiger partial charge is 0.369 e. The van der Waals surface area contributed by atoms with Crippen LogP contribution in [-0.4, -0.2) is 12.0 Å². The Labute approximate surface area is 115 Å². The highest BCUT2D eigenvalue weighted by molar-refractivity contribution is 9.10. The second kappa shape index (κ2) is 5.65. The van der Waals surface area contributed by atoms with Gasteiger partial charge < -0.3 is 4.90 Å². The predicted octanol–water partition coefficient (Wildman–Crippen LogP) is 3.35. The molecule has 0 unspecified atom stereocenters. The molecule has 0 aliphatic heterocycles. The summed E-state index contributed by atoms with van der Waals surface area (Å²) in [6, 6.07) is 13.9. The molecule has 0 atom stereocenters. The summed E-state index contributed by atoms with van der Waals surface area (Å²) in [6.45, 7) is 0.806. The van der Waals surface area contributed by atoms with Crippen LogP contribution in [0.25, 0.3) is 0 Å². The Kier molecular flexibility index (Phi) is 3.96. The highest BCUT2D eigenvalue weighted by Crippen LogP contribution is 2.16. The van der Waals surface area contributed by atoms with Crippen LogP contribution in [0.2, 0.25) is 0 Å². The van der Waals surface area contributed by atoms with E-state index in [4.69, 9.17) is 5.26 Å². The average molecular weight is 302 g/mol. The van der Waals surface area contributed by atoms with Gasteiger partial charge in [0.2, 0.25) is 0 Å². The zero-order chi connectivity index (χ0) is 13.0. The first kappa shape index (κ1) is 12.6. The van der Waals surface area contributed by atoms with Gasteiger partial charge >= 0.3 is 0 Å². The van der Waals surface area contributed by atoms with Crippen molar-refractivity contribution >= 4 is 21.6 Å². The van der Waals surface area contributed by atoms with Crippen LogP contribution >= 0.6 is 15.9 Å². The molecule has 0 aliphatic carbocycles. The van der Waals surface area contributed by atoms with Crippen molar-refractivity contribution in [2.24, 2.45) is 0 Å². The molecule has 2 rings (SSSR count). The van der Waals surface area contributed by atoms with E-state index in [1.807, 2.05) is 31.3 Å². The van der Waals surface area contributed by atoms with Gasteiger partial charge in [0.25, 0.3) is 0 Å². The minimum atomic E-state index is 0.441. The molecule has 18 heavy (non-hydrogen) atoms. The van der Waals surface area contributed by atoms with E-state index in [-0.39, 0.29) is 0 Å². The van der Waals surface area contributed by atoms with Crippen molar-refractivity contribution in [1.29, 1.82) is 5.26 Å².